The summed E-state index contributed by atoms with van der Waals surface area (Å²) in [7, 11) is 0. The molecular weight excluding hydrogens is 560 g/mol. The Hall–Kier alpha value is -2.04. The Morgan fingerprint density at radius 1 is 0.795 bits per heavy atom. The molecule has 0 radical (unpaired) electrons. The minimum atomic E-state index is -1.34. The van der Waals surface area contributed by atoms with Crippen molar-refractivity contribution in [3.8, 4) is 0 Å². The lowest BCUT2D eigenvalue weighted by Gasteiger charge is -2.41. The lowest BCUT2D eigenvalue weighted by atomic mass is 9.98. The Morgan fingerprint density at radius 3 is 1.82 bits per heavy atom. The summed E-state index contributed by atoms with van der Waals surface area (Å²) in [6.07, 6.45) is 12.4. The zero-order valence-electron chi connectivity index (χ0n) is 29.1. The van der Waals surface area contributed by atoms with Gasteiger partial charge in [0.25, 0.3) is 0 Å². The predicted octanol–water partition coefficient (Wildman–Crippen LogP) is 6.96. The highest BCUT2D eigenvalue weighted by Crippen LogP contribution is 2.29. The standard InChI is InChI=1S/C34H65N4O6/c1-8-9-10-11-12-13-14-15-16-23-29(39)37-25-20-18-21-27(37)26-38(31(41)43-33(2,3)4,32(42)44-34(5,6)7)30(40)28(36)22-17-19-24-35/h27-28H,8-26,35-36H2,1-7H3/q+1. The molecule has 1 fully saturated rings. The van der Waals surface area contributed by atoms with Crippen molar-refractivity contribution in [1.29, 1.82) is 0 Å². The maximum absolute atomic E-state index is 14.2. The van der Waals surface area contributed by atoms with Crippen molar-refractivity contribution in [1.82, 2.24) is 4.90 Å². The van der Waals surface area contributed by atoms with E-state index in [1.165, 1.54) is 38.5 Å². The van der Waals surface area contributed by atoms with Gasteiger partial charge in [-0.25, -0.2) is 4.79 Å². The molecule has 1 heterocycles. The van der Waals surface area contributed by atoms with Crippen LogP contribution in [0.1, 0.15) is 151 Å². The first-order valence-electron chi connectivity index (χ1n) is 17.2. The Bertz CT molecular complexity index is 867. The molecule has 10 heteroatoms. The number of quaternary nitrogens is 1. The van der Waals surface area contributed by atoms with Gasteiger partial charge in [-0.15, -0.1) is 0 Å². The Morgan fingerprint density at radius 2 is 1.32 bits per heavy atom. The summed E-state index contributed by atoms with van der Waals surface area (Å²) < 4.78 is 10.1. The number of nitrogens with zero attached hydrogens (tertiary/aromatic N) is 2. The summed E-state index contributed by atoms with van der Waals surface area (Å²) in [5.74, 6) is -0.786. The molecule has 4 amide bonds. The van der Waals surface area contributed by atoms with Crippen molar-refractivity contribution in [2.45, 2.75) is 174 Å². The molecule has 4 N–H and O–H groups in total. The summed E-state index contributed by atoms with van der Waals surface area (Å²) in [5.41, 5.74) is 10.1. The van der Waals surface area contributed by atoms with E-state index in [4.69, 9.17) is 20.9 Å². The van der Waals surface area contributed by atoms with Gasteiger partial charge in [0.15, 0.2) is 0 Å². The van der Waals surface area contributed by atoms with Crippen molar-refractivity contribution in [2.75, 3.05) is 19.6 Å². The molecule has 0 aliphatic carbocycles. The highest BCUT2D eigenvalue weighted by molar-refractivity contribution is 5.95. The van der Waals surface area contributed by atoms with Crippen LogP contribution in [-0.4, -0.2) is 76.3 Å². The second-order valence-corrected chi connectivity index (χ2v) is 14.5. The molecule has 0 aromatic rings. The third-order valence-corrected chi connectivity index (χ3v) is 8.00. The first-order valence-corrected chi connectivity index (χ1v) is 17.2. The van der Waals surface area contributed by atoms with Gasteiger partial charge in [0.05, 0.1) is 6.04 Å². The number of carbonyl (C=O) groups is 4. The Balaban J connectivity index is 3.26. The van der Waals surface area contributed by atoms with Gasteiger partial charge < -0.3 is 25.8 Å². The summed E-state index contributed by atoms with van der Waals surface area (Å²) >= 11 is 0. The Kier molecular flexibility index (Phi) is 17.7. The average molecular weight is 626 g/mol. The molecule has 1 aliphatic heterocycles. The number of unbranched alkanes of at least 4 members (excludes halogenated alkanes) is 9. The molecule has 44 heavy (non-hydrogen) atoms. The second-order valence-electron chi connectivity index (χ2n) is 14.5. The van der Waals surface area contributed by atoms with Crippen molar-refractivity contribution in [2.24, 2.45) is 11.5 Å². The average Bonchev–Trinajstić information content (AvgIpc) is 2.92. The lowest BCUT2D eigenvalue weighted by molar-refractivity contribution is -0.716. The first-order chi connectivity index (χ1) is 20.6. The number of likely N-dealkylation sites (tertiary alicyclic amines) is 1. The van der Waals surface area contributed by atoms with Gasteiger partial charge in [-0.2, -0.15) is 9.59 Å². The van der Waals surface area contributed by atoms with Crippen LogP contribution in [0.3, 0.4) is 0 Å². The zero-order chi connectivity index (χ0) is 33.4. The fraction of sp³-hybridized carbons (Fsp3) is 0.882. The fourth-order valence-electron chi connectivity index (χ4n) is 5.65. The number of imide groups is 3. The number of amides is 4. The number of piperidine rings is 1. The maximum Gasteiger partial charge on any atom is 0.535 e. The minimum Gasteiger partial charge on any atom is -0.414 e. The van der Waals surface area contributed by atoms with E-state index >= 15 is 0 Å². The van der Waals surface area contributed by atoms with Gasteiger partial charge in [0, 0.05) is 13.0 Å². The van der Waals surface area contributed by atoms with E-state index in [1.54, 1.807) is 46.4 Å². The molecule has 1 rings (SSSR count). The third kappa shape index (κ3) is 13.9. The molecule has 10 nitrogen and oxygen atoms in total. The quantitative estimate of drug-likeness (QED) is 0.130. The number of ether oxygens (including phenoxy) is 2. The monoisotopic (exact) mass is 625 g/mol. The number of rotatable bonds is 17. The van der Waals surface area contributed by atoms with Gasteiger partial charge >= 0.3 is 18.1 Å². The molecule has 0 saturated carbocycles. The van der Waals surface area contributed by atoms with E-state index < -0.39 is 45.9 Å². The number of hydrogen-bond acceptors (Lipinski definition) is 8. The van der Waals surface area contributed by atoms with Crippen LogP contribution < -0.4 is 11.5 Å². The highest BCUT2D eigenvalue weighted by Gasteiger charge is 2.60. The summed E-state index contributed by atoms with van der Waals surface area (Å²) in [4.78, 5) is 57.6. The van der Waals surface area contributed by atoms with Gasteiger partial charge in [-0.05, 0) is 93.0 Å². The molecule has 1 aliphatic rings. The van der Waals surface area contributed by atoms with E-state index in [9.17, 15) is 19.2 Å². The number of hydrogen-bond donors (Lipinski definition) is 2. The molecule has 0 spiro atoms. The van der Waals surface area contributed by atoms with Gasteiger partial charge in [0.1, 0.15) is 23.8 Å². The summed E-state index contributed by atoms with van der Waals surface area (Å²) in [6.45, 7) is 13.0. The van der Waals surface area contributed by atoms with Crippen LogP contribution in [0.15, 0.2) is 0 Å². The van der Waals surface area contributed by atoms with Crippen molar-refractivity contribution in [3.63, 3.8) is 0 Å². The predicted molar refractivity (Wildman–Crippen MR) is 175 cm³/mol. The summed E-state index contributed by atoms with van der Waals surface area (Å²) in [6, 6.07) is -1.63. The van der Waals surface area contributed by atoms with Crippen LogP contribution >= 0.6 is 0 Å². The van der Waals surface area contributed by atoms with Crippen LogP contribution in [0.5, 0.6) is 0 Å². The minimum absolute atomic E-state index is 0.0104. The SMILES string of the molecule is CCCCCCCCCCCC(=O)N1CCCCC1C[N+](C(=O)OC(C)(C)C)(C(=O)OC(C)(C)C)C(=O)C(N)CCCCN. The van der Waals surface area contributed by atoms with Crippen LogP contribution in [0.2, 0.25) is 0 Å². The summed E-state index contributed by atoms with van der Waals surface area (Å²) in [5, 5.41) is 0. The van der Waals surface area contributed by atoms with Crippen LogP contribution in [0, 0.1) is 0 Å². The van der Waals surface area contributed by atoms with Crippen molar-refractivity contribution >= 4 is 24.0 Å². The highest BCUT2D eigenvalue weighted by atomic mass is 16.6. The van der Waals surface area contributed by atoms with Gasteiger partial charge in [-0.3, -0.25) is 4.79 Å². The normalized spacial score (nSPS) is 16.8. The van der Waals surface area contributed by atoms with E-state index in [1.807, 2.05) is 0 Å². The zero-order valence-corrected chi connectivity index (χ0v) is 29.1. The number of carbonyl (C=O) groups excluding carboxylic acids is 4. The molecule has 0 aromatic heterocycles. The fourth-order valence-corrected chi connectivity index (χ4v) is 5.65. The van der Waals surface area contributed by atoms with Crippen LogP contribution in [0.25, 0.3) is 0 Å². The molecule has 2 atom stereocenters. The van der Waals surface area contributed by atoms with E-state index in [-0.39, 0.29) is 18.9 Å². The lowest BCUT2D eigenvalue weighted by Crippen LogP contribution is -2.70. The molecule has 256 valence electrons. The van der Waals surface area contributed by atoms with Crippen molar-refractivity contribution in [3.05, 3.63) is 0 Å². The van der Waals surface area contributed by atoms with E-state index in [0.717, 1.165) is 32.1 Å². The smallest absolute Gasteiger partial charge is 0.414 e. The number of nitrogens with two attached hydrogens (primary N) is 2. The topological polar surface area (TPSA) is 142 Å². The Labute approximate surface area is 267 Å². The van der Waals surface area contributed by atoms with Crippen LogP contribution in [-0.2, 0) is 19.1 Å². The van der Waals surface area contributed by atoms with Crippen LogP contribution in [0.4, 0.5) is 9.59 Å². The van der Waals surface area contributed by atoms with E-state index in [0.29, 0.717) is 38.8 Å². The maximum atomic E-state index is 14.2. The largest absolute Gasteiger partial charge is 0.535 e. The third-order valence-electron chi connectivity index (χ3n) is 8.00. The molecular formula is C34H65N4O6+. The van der Waals surface area contributed by atoms with Gasteiger partial charge in [0.2, 0.25) is 5.91 Å². The second kappa shape index (κ2) is 19.5. The van der Waals surface area contributed by atoms with Crippen molar-refractivity contribution < 1.29 is 33.1 Å². The van der Waals surface area contributed by atoms with Gasteiger partial charge in [-0.1, -0.05) is 62.8 Å². The molecule has 0 aromatic carbocycles. The first kappa shape index (κ1) is 40.0. The molecule has 2 unspecified atom stereocenters. The van der Waals surface area contributed by atoms with E-state index in [2.05, 4.69) is 6.92 Å². The molecule has 1 saturated heterocycles. The molecule has 0 bridgehead atoms.